The molecule has 0 heterocycles. The van der Waals surface area contributed by atoms with Crippen molar-refractivity contribution in [3.05, 3.63) is 0 Å². The highest BCUT2D eigenvalue weighted by atomic mass is 16.5. The van der Waals surface area contributed by atoms with E-state index in [0.717, 1.165) is 6.54 Å². The Labute approximate surface area is 109 Å². The average molecular weight is 256 g/mol. The highest BCUT2D eigenvalue weighted by molar-refractivity contribution is 5.83. The highest BCUT2D eigenvalue weighted by Gasteiger charge is 2.20. The normalized spacial score (nSPS) is 18.1. The lowest BCUT2D eigenvalue weighted by Gasteiger charge is -2.23. The van der Waals surface area contributed by atoms with E-state index in [9.17, 15) is 9.59 Å². The van der Waals surface area contributed by atoms with Gasteiger partial charge in [-0.25, -0.2) is 4.79 Å². The van der Waals surface area contributed by atoms with Crippen molar-refractivity contribution in [1.29, 1.82) is 0 Å². The minimum Gasteiger partial charge on any atom is -0.467 e. The molecular formula is C13H24N2O3. The van der Waals surface area contributed by atoms with E-state index in [1.807, 2.05) is 0 Å². The Balaban J connectivity index is 2.27. The molecular weight excluding hydrogens is 232 g/mol. The first kappa shape index (κ1) is 15.0. The Morgan fingerprint density at radius 3 is 2.50 bits per heavy atom. The first-order valence-corrected chi connectivity index (χ1v) is 6.69. The molecule has 0 aromatic heterocycles. The molecule has 1 aliphatic rings. The molecule has 1 atom stereocenters. The molecule has 0 radical (unpaired) electrons. The molecule has 1 saturated carbocycles. The van der Waals surface area contributed by atoms with Crippen molar-refractivity contribution in [2.75, 3.05) is 20.2 Å². The van der Waals surface area contributed by atoms with Gasteiger partial charge in [0, 0.05) is 13.5 Å². The molecule has 5 nitrogen and oxygen atoms in total. The molecule has 1 fully saturated rings. The van der Waals surface area contributed by atoms with Gasteiger partial charge in [-0.1, -0.05) is 19.3 Å². The van der Waals surface area contributed by atoms with Crippen LogP contribution in [0, 0.1) is 5.92 Å². The van der Waals surface area contributed by atoms with E-state index < -0.39 is 12.0 Å². The van der Waals surface area contributed by atoms with Crippen LogP contribution in [0.2, 0.25) is 0 Å². The fourth-order valence-corrected chi connectivity index (χ4v) is 2.40. The quantitative estimate of drug-likeness (QED) is 0.691. The zero-order valence-corrected chi connectivity index (χ0v) is 11.3. The lowest BCUT2D eigenvalue weighted by atomic mass is 9.89. The van der Waals surface area contributed by atoms with Gasteiger partial charge in [0.05, 0.1) is 7.11 Å². The van der Waals surface area contributed by atoms with Gasteiger partial charge in [0.25, 0.3) is 0 Å². The molecule has 0 aromatic rings. The van der Waals surface area contributed by atoms with Gasteiger partial charge >= 0.3 is 5.97 Å². The second-order valence-electron chi connectivity index (χ2n) is 4.94. The van der Waals surface area contributed by atoms with E-state index in [1.54, 1.807) is 0 Å². The van der Waals surface area contributed by atoms with Gasteiger partial charge in [-0.3, -0.25) is 4.79 Å². The van der Waals surface area contributed by atoms with E-state index in [0.29, 0.717) is 12.5 Å². The summed E-state index contributed by atoms with van der Waals surface area (Å²) in [6.07, 6.45) is 6.47. The van der Waals surface area contributed by atoms with E-state index >= 15 is 0 Å². The van der Waals surface area contributed by atoms with Gasteiger partial charge in [-0.05, 0) is 25.3 Å². The lowest BCUT2D eigenvalue weighted by Crippen LogP contribution is -2.47. The van der Waals surface area contributed by atoms with Crippen LogP contribution in [0.4, 0.5) is 0 Å². The predicted octanol–water partition coefficient (Wildman–Crippen LogP) is 0.834. The zero-order chi connectivity index (χ0) is 13.4. The van der Waals surface area contributed by atoms with E-state index in [1.165, 1.54) is 46.1 Å². The summed E-state index contributed by atoms with van der Waals surface area (Å²) in [5, 5.41) is 5.85. The van der Waals surface area contributed by atoms with Gasteiger partial charge in [-0.2, -0.15) is 0 Å². The SMILES string of the molecule is COC(=O)C(CNCC1CCCCC1)NC(C)=O. The fraction of sp³-hybridized carbons (Fsp3) is 0.846. The van der Waals surface area contributed by atoms with Gasteiger partial charge in [0.1, 0.15) is 6.04 Å². The Morgan fingerprint density at radius 2 is 1.94 bits per heavy atom. The zero-order valence-electron chi connectivity index (χ0n) is 11.3. The number of ether oxygens (including phenoxy) is 1. The summed E-state index contributed by atoms with van der Waals surface area (Å²) in [4.78, 5) is 22.4. The summed E-state index contributed by atoms with van der Waals surface area (Å²) in [5.74, 6) is 0.0839. The molecule has 0 aromatic carbocycles. The third kappa shape index (κ3) is 5.49. The summed E-state index contributed by atoms with van der Waals surface area (Å²) in [6, 6.07) is -0.587. The molecule has 0 spiro atoms. The number of nitrogens with one attached hydrogen (secondary N) is 2. The van der Waals surface area contributed by atoms with Crippen molar-refractivity contribution in [3.63, 3.8) is 0 Å². The molecule has 0 bridgehead atoms. The van der Waals surface area contributed by atoms with Crippen LogP contribution in [0.25, 0.3) is 0 Å². The van der Waals surface area contributed by atoms with Crippen LogP contribution < -0.4 is 10.6 Å². The number of methoxy groups -OCH3 is 1. The minimum atomic E-state index is -0.587. The predicted molar refractivity (Wildman–Crippen MR) is 69.1 cm³/mol. The van der Waals surface area contributed by atoms with Gasteiger partial charge in [0.15, 0.2) is 0 Å². The molecule has 0 saturated heterocycles. The van der Waals surface area contributed by atoms with E-state index in [-0.39, 0.29) is 5.91 Å². The monoisotopic (exact) mass is 256 g/mol. The van der Waals surface area contributed by atoms with Crippen LogP contribution in [0.3, 0.4) is 0 Å². The fourth-order valence-electron chi connectivity index (χ4n) is 2.40. The maximum atomic E-state index is 11.5. The molecule has 18 heavy (non-hydrogen) atoms. The number of carbonyl (C=O) groups excluding carboxylic acids is 2. The molecule has 0 aliphatic heterocycles. The summed E-state index contributed by atoms with van der Waals surface area (Å²) in [6.45, 7) is 2.74. The van der Waals surface area contributed by atoms with E-state index in [2.05, 4.69) is 15.4 Å². The maximum absolute atomic E-state index is 11.5. The molecule has 2 N–H and O–H groups in total. The standard InChI is InChI=1S/C13H24N2O3/c1-10(16)15-12(13(17)18-2)9-14-8-11-6-4-3-5-7-11/h11-12,14H,3-9H2,1-2H3,(H,15,16). The van der Waals surface area contributed by atoms with Crippen LogP contribution in [0.5, 0.6) is 0 Å². The Kier molecular flexibility index (Phi) is 6.72. The van der Waals surface area contributed by atoms with Gasteiger partial charge in [0.2, 0.25) is 5.91 Å². The molecule has 1 aliphatic carbocycles. The summed E-state index contributed by atoms with van der Waals surface area (Å²) in [5.41, 5.74) is 0. The van der Waals surface area contributed by atoms with Crippen LogP contribution in [-0.4, -0.2) is 38.1 Å². The maximum Gasteiger partial charge on any atom is 0.329 e. The third-order valence-electron chi connectivity index (χ3n) is 3.37. The van der Waals surface area contributed by atoms with Crippen molar-refractivity contribution >= 4 is 11.9 Å². The number of hydrogen-bond donors (Lipinski definition) is 2. The number of carbonyl (C=O) groups is 2. The second-order valence-corrected chi connectivity index (χ2v) is 4.94. The highest BCUT2D eigenvalue weighted by Crippen LogP contribution is 2.22. The smallest absolute Gasteiger partial charge is 0.329 e. The molecule has 5 heteroatoms. The van der Waals surface area contributed by atoms with E-state index in [4.69, 9.17) is 0 Å². The molecule has 104 valence electrons. The summed E-state index contributed by atoms with van der Waals surface area (Å²) in [7, 11) is 1.33. The second kappa shape index (κ2) is 8.08. The largest absolute Gasteiger partial charge is 0.467 e. The van der Waals surface area contributed by atoms with Crippen LogP contribution in [0.15, 0.2) is 0 Å². The molecule has 1 amide bonds. The Morgan fingerprint density at radius 1 is 1.28 bits per heavy atom. The van der Waals surface area contributed by atoms with Gasteiger partial charge < -0.3 is 15.4 Å². The Hall–Kier alpha value is -1.10. The number of hydrogen-bond acceptors (Lipinski definition) is 4. The summed E-state index contributed by atoms with van der Waals surface area (Å²) < 4.78 is 4.66. The van der Waals surface area contributed by atoms with Crippen LogP contribution in [0.1, 0.15) is 39.0 Å². The van der Waals surface area contributed by atoms with Crippen LogP contribution >= 0.6 is 0 Å². The van der Waals surface area contributed by atoms with Crippen molar-refractivity contribution in [2.24, 2.45) is 5.92 Å². The Bertz CT molecular complexity index is 275. The molecule has 1 unspecified atom stereocenters. The first-order chi connectivity index (χ1) is 8.63. The average Bonchev–Trinajstić information content (AvgIpc) is 2.37. The summed E-state index contributed by atoms with van der Waals surface area (Å²) >= 11 is 0. The first-order valence-electron chi connectivity index (χ1n) is 6.69. The number of rotatable bonds is 6. The van der Waals surface area contributed by atoms with Crippen LogP contribution in [-0.2, 0) is 14.3 Å². The minimum absolute atomic E-state index is 0.218. The third-order valence-corrected chi connectivity index (χ3v) is 3.37. The van der Waals surface area contributed by atoms with Crippen molar-refractivity contribution in [3.8, 4) is 0 Å². The topological polar surface area (TPSA) is 67.4 Å². The number of esters is 1. The van der Waals surface area contributed by atoms with Crippen molar-refractivity contribution < 1.29 is 14.3 Å². The number of amides is 1. The van der Waals surface area contributed by atoms with Gasteiger partial charge in [-0.15, -0.1) is 0 Å². The van der Waals surface area contributed by atoms with Crippen molar-refractivity contribution in [1.82, 2.24) is 10.6 Å². The van der Waals surface area contributed by atoms with Crippen molar-refractivity contribution in [2.45, 2.75) is 45.1 Å². The lowest BCUT2D eigenvalue weighted by molar-refractivity contribution is -0.144. The molecule has 1 rings (SSSR count).